The van der Waals surface area contributed by atoms with E-state index in [1.807, 2.05) is 30.3 Å². The van der Waals surface area contributed by atoms with E-state index in [1.54, 1.807) is 0 Å². The van der Waals surface area contributed by atoms with Gasteiger partial charge in [0.05, 0.1) is 27.6 Å². The molecule has 4 heterocycles. The molecule has 0 amide bonds. The number of benzene rings is 8. The van der Waals surface area contributed by atoms with Gasteiger partial charge in [0.1, 0.15) is 5.52 Å². The molecule has 0 spiro atoms. The quantitative estimate of drug-likeness (QED) is 0.180. The van der Waals surface area contributed by atoms with E-state index in [-0.39, 0.29) is 0 Å². The van der Waals surface area contributed by atoms with E-state index in [0.717, 1.165) is 38.5 Å². The topological polar surface area (TPSA) is 35.4 Å². The van der Waals surface area contributed by atoms with Crippen molar-refractivity contribution in [3.8, 4) is 17.1 Å². The van der Waals surface area contributed by atoms with Crippen LogP contribution in [0.25, 0.3) is 110 Å². The van der Waals surface area contributed by atoms with Crippen LogP contribution in [0.3, 0.4) is 0 Å². The summed E-state index contributed by atoms with van der Waals surface area (Å²) in [6, 6.07) is 54.7. The second kappa shape index (κ2) is 9.03. The summed E-state index contributed by atoms with van der Waals surface area (Å²) in [5.41, 5.74) is 9.89. The molecule has 226 valence electrons. The molecule has 12 aromatic rings. The highest BCUT2D eigenvalue weighted by Crippen LogP contribution is 2.45. The van der Waals surface area contributed by atoms with E-state index in [9.17, 15) is 0 Å². The number of hydrogen-bond donors (Lipinski definition) is 0. The van der Waals surface area contributed by atoms with Gasteiger partial charge in [0, 0.05) is 43.6 Å². The van der Waals surface area contributed by atoms with Crippen LogP contribution in [0.4, 0.5) is 0 Å². The standard InChI is InChI=1S/C45H25N3O/c1-2-9-28(10-3-1)45-46-35-23-20-27-18-17-26-19-21-29(25-34(26)40(27)44(35)49-45)47-38-16-8-13-32-30-11-4-6-14-36(30)48-37-15-7-5-12-31(37)33-22-24-39(47)42(41(32)38)43(33)48/h1-25H. The molecule has 12 rings (SSSR count). The molecule has 4 heteroatoms. The molecule has 0 saturated heterocycles. The highest BCUT2D eigenvalue weighted by Gasteiger charge is 2.23. The van der Waals surface area contributed by atoms with E-state index in [4.69, 9.17) is 9.40 Å². The van der Waals surface area contributed by atoms with Crippen LogP contribution in [0.5, 0.6) is 0 Å². The zero-order valence-electron chi connectivity index (χ0n) is 26.2. The van der Waals surface area contributed by atoms with E-state index in [0.29, 0.717) is 5.89 Å². The lowest BCUT2D eigenvalue weighted by atomic mass is 10.0. The van der Waals surface area contributed by atoms with Gasteiger partial charge in [-0.3, -0.25) is 0 Å². The molecule has 0 aliphatic carbocycles. The van der Waals surface area contributed by atoms with Crippen molar-refractivity contribution in [3.05, 3.63) is 152 Å². The fourth-order valence-corrected chi connectivity index (χ4v) is 8.60. The summed E-state index contributed by atoms with van der Waals surface area (Å²) in [5.74, 6) is 0.639. The molecule has 4 nitrogen and oxygen atoms in total. The molecule has 0 unspecified atom stereocenters. The average molecular weight is 624 g/mol. The third-order valence-corrected chi connectivity index (χ3v) is 10.6. The second-order valence-corrected chi connectivity index (χ2v) is 13.1. The molecule has 0 radical (unpaired) electrons. The summed E-state index contributed by atoms with van der Waals surface area (Å²) >= 11 is 0. The van der Waals surface area contributed by atoms with Gasteiger partial charge >= 0.3 is 0 Å². The highest BCUT2D eigenvalue weighted by atomic mass is 16.3. The van der Waals surface area contributed by atoms with E-state index in [1.165, 1.54) is 65.3 Å². The lowest BCUT2D eigenvalue weighted by Gasteiger charge is -2.12. The Kier molecular flexibility index (Phi) is 4.69. The molecule has 4 aromatic heterocycles. The minimum absolute atomic E-state index is 0.639. The van der Waals surface area contributed by atoms with Crippen LogP contribution >= 0.6 is 0 Å². The third kappa shape index (κ3) is 3.20. The normalized spacial score (nSPS) is 12.5. The molecular weight excluding hydrogens is 599 g/mol. The Bertz CT molecular complexity index is 3330. The molecule has 0 aliphatic heterocycles. The van der Waals surface area contributed by atoms with Crippen molar-refractivity contribution in [3.63, 3.8) is 0 Å². The van der Waals surface area contributed by atoms with Gasteiger partial charge in [0.15, 0.2) is 5.58 Å². The van der Waals surface area contributed by atoms with Crippen molar-refractivity contribution >= 4 is 92.5 Å². The van der Waals surface area contributed by atoms with E-state index < -0.39 is 0 Å². The van der Waals surface area contributed by atoms with Gasteiger partial charge in [-0.25, -0.2) is 4.98 Å². The van der Waals surface area contributed by atoms with E-state index >= 15 is 0 Å². The number of fused-ring (bicyclic) bond motifs is 11. The van der Waals surface area contributed by atoms with Crippen LogP contribution in [0, 0.1) is 0 Å². The van der Waals surface area contributed by atoms with Gasteiger partial charge in [-0.05, 0) is 76.1 Å². The number of hydrogen-bond acceptors (Lipinski definition) is 2. The van der Waals surface area contributed by atoms with Crippen LogP contribution in [0.2, 0.25) is 0 Å². The molecule has 49 heavy (non-hydrogen) atoms. The van der Waals surface area contributed by atoms with Gasteiger partial charge in [0.2, 0.25) is 5.89 Å². The van der Waals surface area contributed by atoms with Crippen LogP contribution in [0.1, 0.15) is 0 Å². The number of aromatic nitrogens is 3. The first-order valence-corrected chi connectivity index (χ1v) is 16.7. The Balaban J connectivity index is 1.24. The van der Waals surface area contributed by atoms with Crippen molar-refractivity contribution in [2.24, 2.45) is 0 Å². The van der Waals surface area contributed by atoms with Crippen molar-refractivity contribution in [1.29, 1.82) is 0 Å². The fourth-order valence-electron chi connectivity index (χ4n) is 8.60. The maximum absolute atomic E-state index is 6.57. The lowest BCUT2D eigenvalue weighted by molar-refractivity contribution is 0.623. The second-order valence-electron chi connectivity index (χ2n) is 13.1. The Morgan fingerprint density at radius 3 is 1.98 bits per heavy atom. The molecule has 0 saturated carbocycles. The largest absolute Gasteiger partial charge is 0.435 e. The smallest absolute Gasteiger partial charge is 0.227 e. The molecule has 0 atom stereocenters. The molecule has 8 aromatic carbocycles. The van der Waals surface area contributed by atoms with Gasteiger partial charge in [-0.1, -0.05) is 97.1 Å². The SMILES string of the molecule is c1ccc(-c2nc3ccc4ccc5ccc(-n6c7cccc8c9ccccc9n9c%10ccccc%10c%10ccc6c(c87)c%109)cc5c4c3o2)cc1. The Morgan fingerprint density at radius 2 is 1.12 bits per heavy atom. The molecular formula is C45H25N3O. The van der Waals surface area contributed by atoms with Gasteiger partial charge < -0.3 is 13.4 Å². The zero-order chi connectivity index (χ0) is 31.8. The number of oxazole rings is 1. The first kappa shape index (κ1) is 25.4. The van der Waals surface area contributed by atoms with Crippen molar-refractivity contribution in [2.75, 3.05) is 0 Å². The number of nitrogens with zero attached hydrogens (tertiary/aromatic N) is 3. The average Bonchev–Trinajstić information content (AvgIpc) is 3.82. The summed E-state index contributed by atoms with van der Waals surface area (Å²) in [5, 5.41) is 12.2. The Morgan fingerprint density at radius 1 is 0.449 bits per heavy atom. The monoisotopic (exact) mass is 623 g/mol. The third-order valence-electron chi connectivity index (χ3n) is 10.6. The van der Waals surface area contributed by atoms with Crippen LogP contribution < -0.4 is 0 Å². The van der Waals surface area contributed by atoms with Gasteiger partial charge in [-0.15, -0.1) is 0 Å². The summed E-state index contributed by atoms with van der Waals surface area (Å²) in [4.78, 5) is 4.91. The van der Waals surface area contributed by atoms with Gasteiger partial charge in [-0.2, -0.15) is 0 Å². The van der Waals surface area contributed by atoms with Crippen molar-refractivity contribution < 1.29 is 4.42 Å². The van der Waals surface area contributed by atoms with Crippen LogP contribution in [-0.4, -0.2) is 14.0 Å². The Hall–Kier alpha value is -6.65. The maximum Gasteiger partial charge on any atom is 0.227 e. The van der Waals surface area contributed by atoms with Crippen molar-refractivity contribution in [2.45, 2.75) is 0 Å². The minimum Gasteiger partial charge on any atom is -0.435 e. The number of para-hydroxylation sites is 2. The summed E-state index contributed by atoms with van der Waals surface area (Å²) in [6.45, 7) is 0. The first-order chi connectivity index (χ1) is 24.3. The minimum atomic E-state index is 0.639. The van der Waals surface area contributed by atoms with Crippen LogP contribution in [-0.2, 0) is 0 Å². The molecule has 0 aliphatic rings. The highest BCUT2D eigenvalue weighted by molar-refractivity contribution is 6.33. The van der Waals surface area contributed by atoms with Crippen molar-refractivity contribution in [1.82, 2.24) is 14.0 Å². The predicted molar refractivity (Wildman–Crippen MR) is 203 cm³/mol. The first-order valence-electron chi connectivity index (χ1n) is 16.7. The lowest BCUT2D eigenvalue weighted by Crippen LogP contribution is -1.94. The molecule has 0 N–H and O–H groups in total. The number of rotatable bonds is 2. The Labute approximate surface area is 279 Å². The van der Waals surface area contributed by atoms with Gasteiger partial charge in [0.25, 0.3) is 0 Å². The molecule has 0 fully saturated rings. The maximum atomic E-state index is 6.57. The predicted octanol–water partition coefficient (Wildman–Crippen LogP) is 12.0. The summed E-state index contributed by atoms with van der Waals surface area (Å²) < 4.78 is 11.5. The summed E-state index contributed by atoms with van der Waals surface area (Å²) in [6.07, 6.45) is 0. The van der Waals surface area contributed by atoms with Crippen LogP contribution in [0.15, 0.2) is 156 Å². The fraction of sp³-hybridized carbons (Fsp3) is 0. The zero-order valence-corrected chi connectivity index (χ0v) is 26.2. The van der Waals surface area contributed by atoms with E-state index in [2.05, 4.69) is 130 Å². The molecule has 0 bridgehead atoms. The summed E-state index contributed by atoms with van der Waals surface area (Å²) in [7, 11) is 0.